The van der Waals surface area contributed by atoms with E-state index in [1.807, 2.05) is 6.92 Å². The van der Waals surface area contributed by atoms with Gasteiger partial charge in [0.1, 0.15) is 0 Å². The average Bonchev–Trinajstić information content (AvgIpc) is 2.24. The topological polar surface area (TPSA) is 41.5 Å². The van der Waals surface area contributed by atoms with E-state index in [4.69, 9.17) is 4.74 Å². The van der Waals surface area contributed by atoms with E-state index in [0.717, 1.165) is 0 Å². The molecule has 2 N–H and O–H groups in total. The quantitative estimate of drug-likeness (QED) is 0.731. The third kappa shape index (κ3) is 4.40. The van der Waals surface area contributed by atoms with Gasteiger partial charge < -0.3 is 15.2 Å². The fraction of sp³-hybridized carbons (Fsp3) is 1.00. The summed E-state index contributed by atoms with van der Waals surface area (Å²) >= 11 is 0. The van der Waals surface area contributed by atoms with Gasteiger partial charge in [-0.1, -0.05) is 26.7 Å². The standard InChI is InChI=1S/C13H27NO2/c1-4-16-10-11(15)9-14-12-7-5-6-8-13(12,2)3/h11-12,14-15H,4-10H2,1-3H3. The van der Waals surface area contributed by atoms with Crippen molar-refractivity contribution in [1.82, 2.24) is 5.32 Å². The molecule has 1 fully saturated rings. The first-order chi connectivity index (χ1) is 7.56. The van der Waals surface area contributed by atoms with Crippen molar-refractivity contribution in [3.63, 3.8) is 0 Å². The summed E-state index contributed by atoms with van der Waals surface area (Å²) < 4.78 is 5.20. The van der Waals surface area contributed by atoms with Crippen LogP contribution >= 0.6 is 0 Å². The number of aliphatic hydroxyl groups is 1. The zero-order chi connectivity index (χ0) is 12.0. The van der Waals surface area contributed by atoms with E-state index >= 15 is 0 Å². The van der Waals surface area contributed by atoms with Crippen LogP contribution in [0.3, 0.4) is 0 Å². The van der Waals surface area contributed by atoms with Crippen molar-refractivity contribution in [3.8, 4) is 0 Å². The van der Waals surface area contributed by atoms with Crippen molar-refractivity contribution in [3.05, 3.63) is 0 Å². The van der Waals surface area contributed by atoms with Gasteiger partial charge in [-0.15, -0.1) is 0 Å². The van der Waals surface area contributed by atoms with Gasteiger partial charge in [-0.2, -0.15) is 0 Å². The Hall–Kier alpha value is -0.120. The predicted molar refractivity (Wildman–Crippen MR) is 66.5 cm³/mol. The lowest BCUT2D eigenvalue weighted by Crippen LogP contribution is -2.47. The highest BCUT2D eigenvalue weighted by Crippen LogP contribution is 2.35. The SMILES string of the molecule is CCOCC(O)CNC1CCCCC1(C)C. The molecule has 3 heteroatoms. The number of hydrogen-bond acceptors (Lipinski definition) is 3. The molecule has 0 aliphatic heterocycles. The third-order valence-corrected chi connectivity index (χ3v) is 3.62. The number of aliphatic hydroxyl groups excluding tert-OH is 1. The Balaban J connectivity index is 2.25. The first-order valence-electron chi connectivity index (χ1n) is 6.55. The second-order valence-electron chi connectivity index (χ2n) is 5.51. The number of rotatable bonds is 6. The van der Waals surface area contributed by atoms with E-state index < -0.39 is 0 Å². The van der Waals surface area contributed by atoms with Crippen molar-refractivity contribution >= 4 is 0 Å². The molecule has 0 aromatic carbocycles. The molecule has 0 aromatic heterocycles. The summed E-state index contributed by atoms with van der Waals surface area (Å²) in [5.41, 5.74) is 0.365. The van der Waals surface area contributed by atoms with Crippen LogP contribution in [0.2, 0.25) is 0 Å². The minimum atomic E-state index is -0.377. The van der Waals surface area contributed by atoms with E-state index in [9.17, 15) is 5.11 Å². The second kappa shape index (κ2) is 6.58. The van der Waals surface area contributed by atoms with Crippen molar-refractivity contribution in [1.29, 1.82) is 0 Å². The molecule has 0 bridgehead atoms. The molecule has 0 radical (unpaired) electrons. The van der Waals surface area contributed by atoms with Gasteiger partial charge in [0, 0.05) is 19.2 Å². The molecule has 3 nitrogen and oxygen atoms in total. The Labute approximate surface area is 99.6 Å². The van der Waals surface area contributed by atoms with Gasteiger partial charge >= 0.3 is 0 Å². The van der Waals surface area contributed by atoms with Crippen molar-refractivity contribution in [2.24, 2.45) is 5.41 Å². The summed E-state index contributed by atoms with van der Waals surface area (Å²) in [5.74, 6) is 0. The maximum absolute atomic E-state index is 9.69. The van der Waals surface area contributed by atoms with Crippen molar-refractivity contribution < 1.29 is 9.84 Å². The van der Waals surface area contributed by atoms with E-state index in [1.54, 1.807) is 0 Å². The summed E-state index contributed by atoms with van der Waals surface area (Å²) in [6.45, 7) is 8.35. The van der Waals surface area contributed by atoms with Gasteiger partial charge in [0.15, 0.2) is 0 Å². The minimum absolute atomic E-state index is 0.365. The summed E-state index contributed by atoms with van der Waals surface area (Å²) in [5, 5.41) is 13.2. The Kier molecular flexibility index (Phi) is 5.73. The Morgan fingerprint density at radius 2 is 2.19 bits per heavy atom. The maximum Gasteiger partial charge on any atom is 0.0897 e. The monoisotopic (exact) mass is 229 g/mol. The van der Waals surface area contributed by atoms with Crippen LogP contribution in [0.4, 0.5) is 0 Å². The molecular weight excluding hydrogens is 202 g/mol. The fourth-order valence-electron chi connectivity index (χ4n) is 2.46. The molecule has 2 unspecified atom stereocenters. The van der Waals surface area contributed by atoms with Gasteiger partial charge in [0.2, 0.25) is 0 Å². The van der Waals surface area contributed by atoms with E-state index in [0.29, 0.717) is 31.2 Å². The Morgan fingerprint density at radius 3 is 2.81 bits per heavy atom. The maximum atomic E-state index is 9.69. The van der Waals surface area contributed by atoms with Gasteiger partial charge in [-0.3, -0.25) is 0 Å². The first-order valence-corrected chi connectivity index (χ1v) is 6.55. The lowest BCUT2D eigenvalue weighted by atomic mass is 9.73. The molecule has 2 atom stereocenters. The van der Waals surface area contributed by atoms with Gasteiger partial charge in [-0.05, 0) is 25.2 Å². The van der Waals surface area contributed by atoms with Gasteiger partial charge in [0.25, 0.3) is 0 Å². The highest BCUT2D eigenvalue weighted by Gasteiger charge is 2.31. The van der Waals surface area contributed by atoms with Gasteiger partial charge in [-0.25, -0.2) is 0 Å². The molecule has 1 rings (SSSR count). The summed E-state index contributed by atoms with van der Waals surface area (Å²) in [6.07, 6.45) is 4.79. The molecule has 0 aromatic rings. The van der Waals surface area contributed by atoms with Crippen LogP contribution in [0.15, 0.2) is 0 Å². The van der Waals surface area contributed by atoms with Crippen LogP contribution in [0.25, 0.3) is 0 Å². The summed E-state index contributed by atoms with van der Waals surface area (Å²) in [7, 11) is 0. The van der Waals surface area contributed by atoms with Crippen LogP contribution in [-0.2, 0) is 4.74 Å². The molecule has 0 heterocycles. The van der Waals surface area contributed by atoms with Crippen LogP contribution in [0.5, 0.6) is 0 Å². The molecule has 1 aliphatic rings. The first kappa shape index (κ1) is 13.9. The number of hydrogen-bond donors (Lipinski definition) is 2. The normalized spacial score (nSPS) is 26.6. The molecule has 16 heavy (non-hydrogen) atoms. The average molecular weight is 229 g/mol. The van der Waals surface area contributed by atoms with Crippen LogP contribution < -0.4 is 5.32 Å². The Morgan fingerprint density at radius 1 is 1.44 bits per heavy atom. The molecule has 0 amide bonds. The zero-order valence-corrected chi connectivity index (χ0v) is 11.0. The molecule has 0 saturated heterocycles. The smallest absolute Gasteiger partial charge is 0.0897 e. The summed E-state index contributed by atoms with van der Waals surface area (Å²) in [4.78, 5) is 0. The summed E-state index contributed by atoms with van der Waals surface area (Å²) in [6, 6.07) is 0.539. The predicted octanol–water partition coefficient (Wildman–Crippen LogP) is 1.94. The van der Waals surface area contributed by atoms with Gasteiger partial charge in [0.05, 0.1) is 12.7 Å². The molecule has 1 aliphatic carbocycles. The number of ether oxygens (including phenoxy) is 1. The van der Waals surface area contributed by atoms with Crippen molar-refractivity contribution in [2.45, 2.75) is 58.6 Å². The molecule has 96 valence electrons. The van der Waals surface area contributed by atoms with Crippen LogP contribution in [0, 0.1) is 5.41 Å². The Bertz CT molecular complexity index is 194. The largest absolute Gasteiger partial charge is 0.389 e. The highest BCUT2D eigenvalue weighted by molar-refractivity contribution is 4.88. The fourth-order valence-corrected chi connectivity index (χ4v) is 2.46. The third-order valence-electron chi connectivity index (χ3n) is 3.62. The lowest BCUT2D eigenvalue weighted by molar-refractivity contribution is 0.0360. The molecule has 1 saturated carbocycles. The minimum Gasteiger partial charge on any atom is -0.389 e. The van der Waals surface area contributed by atoms with Crippen LogP contribution in [0.1, 0.15) is 46.5 Å². The van der Waals surface area contributed by atoms with Crippen LogP contribution in [-0.4, -0.2) is 37.0 Å². The van der Waals surface area contributed by atoms with E-state index in [1.165, 1.54) is 25.7 Å². The van der Waals surface area contributed by atoms with E-state index in [-0.39, 0.29) is 6.10 Å². The lowest BCUT2D eigenvalue weighted by Gasteiger charge is -2.39. The zero-order valence-electron chi connectivity index (χ0n) is 11.0. The highest BCUT2D eigenvalue weighted by atomic mass is 16.5. The number of nitrogens with one attached hydrogen (secondary N) is 1. The van der Waals surface area contributed by atoms with Crippen molar-refractivity contribution in [2.75, 3.05) is 19.8 Å². The second-order valence-corrected chi connectivity index (χ2v) is 5.51. The molecular formula is C13H27NO2. The molecule has 0 spiro atoms. The van der Waals surface area contributed by atoms with E-state index in [2.05, 4.69) is 19.2 Å².